The summed E-state index contributed by atoms with van der Waals surface area (Å²) in [6.45, 7) is 2.18. The molecule has 2 rings (SSSR count). The molecular formula is C9H19ClN2O2S. The molecule has 0 spiro atoms. The minimum absolute atomic E-state index is 0. The second kappa shape index (κ2) is 4.99. The summed E-state index contributed by atoms with van der Waals surface area (Å²) in [5, 5.41) is 3.32. The van der Waals surface area contributed by atoms with Gasteiger partial charge in [-0.15, -0.1) is 12.4 Å². The van der Waals surface area contributed by atoms with Gasteiger partial charge in [-0.25, -0.2) is 13.1 Å². The molecule has 0 aromatic heterocycles. The molecule has 4 nitrogen and oxygen atoms in total. The Balaban J connectivity index is 0.00000112. The number of nitrogens with one attached hydrogen (secondary N) is 2. The van der Waals surface area contributed by atoms with Crippen LogP contribution in [0.15, 0.2) is 0 Å². The largest absolute Gasteiger partial charge is 0.317 e. The lowest BCUT2D eigenvalue weighted by Gasteiger charge is -2.22. The summed E-state index contributed by atoms with van der Waals surface area (Å²) in [6, 6.07) is 0.230. The summed E-state index contributed by atoms with van der Waals surface area (Å²) in [7, 11) is -3.00. The third kappa shape index (κ3) is 3.90. The third-order valence-corrected chi connectivity index (χ3v) is 3.93. The van der Waals surface area contributed by atoms with Gasteiger partial charge in [-0.1, -0.05) is 0 Å². The molecule has 90 valence electrons. The zero-order valence-electron chi connectivity index (χ0n) is 8.90. The van der Waals surface area contributed by atoms with Crippen LogP contribution in [-0.4, -0.2) is 33.8 Å². The van der Waals surface area contributed by atoms with Crippen LogP contribution in [-0.2, 0) is 10.0 Å². The van der Waals surface area contributed by atoms with Crippen molar-refractivity contribution in [3.63, 3.8) is 0 Å². The van der Waals surface area contributed by atoms with Gasteiger partial charge in [-0.2, -0.15) is 0 Å². The first-order valence-electron chi connectivity index (χ1n) is 5.24. The van der Waals surface area contributed by atoms with Crippen LogP contribution >= 0.6 is 12.4 Å². The zero-order valence-corrected chi connectivity index (χ0v) is 10.5. The lowest BCUT2D eigenvalue weighted by Crippen LogP contribution is -2.32. The number of piperidine rings is 1. The van der Waals surface area contributed by atoms with E-state index in [1.807, 2.05) is 0 Å². The fourth-order valence-corrected chi connectivity index (χ4v) is 3.24. The highest BCUT2D eigenvalue weighted by atomic mass is 35.5. The van der Waals surface area contributed by atoms with Crippen molar-refractivity contribution in [1.82, 2.24) is 10.0 Å². The number of hydrogen-bond acceptors (Lipinski definition) is 3. The molecule has 2 atom stereocenters. The molecule has 1 saturated heterocycles. The van der Waals surface area contributed by atoms with E-state index in [2.05, 4.69) is 10.0 Å². The molecule has 1 saturated carbocycles. The predicted molar refractivity (Wildman–Crippen MR) is 62.7 cm³/mol. The Hall–Kier alpha value is 0.160. The van der Waals surface area contributed by atoms with Crippen LogP contribution < -0.4 is 10.0 Å². The number of sulfonamides is 1. The van der Waals surface area contributed by atoms with Gasteiger partial charge < -0.3 is 5.32 Å². The lowest BCUT2D eigenvalue weighted by molar-refractivity contribution is 0.330. The first-order valence-corrected chi connectivity index (χ1v) is 7.13. The highest BCUT2D eigenvalue weighted by Crippen LogP contribution is 2.41. The van der Waals surface area contributed by atoms with Crippen molar-refractivity contribution in [1.29, 1.82) is 0 Å². The first-order chi connectivity index (χ1) is 6.56. The Morgan fingerprint density at radius 1 is 1.27 bits per heavy atom. The monoisotopic (exact) mass is 254 g/mol. The quantitative estimate of drug-likeness (QED) is 0.764. The standard InChI is InChI=1S/C9H18N2O2S.ClH/c1-14(12,13)11-9-6-8(9)7-2-4-10-5-3-7;/h7-11H,2-6H2,1H3;1H/t8-,9+;/m0./s1. The molecule has 0 aromatic carbocycles. The average Bonchev–Trinajstić information content (AvgIpc) is 2.82. The van der Waals surface area contributed by atoms with Gasteiger partial charge in [0, 0.05) is 6.04 Å². The van der Waals surface area contributed by atoms with Crippen molar-refractivity contribution in [2.45, 2.75) is 25.3 Å². The molecule has 0 bridgehead atoms. The maximum atomic E-state index is 11.0. The Bertz CT molecular complexity index is 301. The molecule has 1 aliphatic heterocycles. The SMILES string of the molecule is CS(=O)(=O)N[C@@H]1C[C@H]1C1CCNCC1.Cl. The summed E-state index contributed by atoms with van der Waals surface area (Å²) >= 11 is 0. The van der Waals surface area contributed by atoms with Crippen molar-refractivity contribution in [2.24, 2.45) is 11.8 Å². The highest BCUT2D eigenvalue weighted by molar-refractivity contribution is 7.88. The normalized spacial score (nSPS) is 32.1. The van der Waals surface area contributed by atoms with Crippen LogP contribution in [0.25, 0.3) is 0 Å². The van der Waals surface area contributed by atoms with E-state index in [0.29, 0.717) is 5.92 Å². The van der Waals surface area contributed by atoms with E-state index in [-0.39, 0.29) is 18.4 Å². The van der Waals surface area contributed by atoms with Gasteiger partial charge in [0.05, 0.1) is 6.26 Å². The average molecular weight is 255 g/mol. The van der Waals surface area contributed by atoms with Crippen molar-refractivity contribution >= 4 is 22.4 Å². The van der Waals surface area contributed by atoms with Gasteiger partial charge in [-0.05, 0) is 44.2 Å². The molecule has 1 heterocycles. The Morgan fingerprint density at radius 2 is 1.87 bits per heavy atom. The van der Waals surface area contributed by atoms with Crippen molar-refractivity contribution in [2.75, 3.05) is 19.3 Å². The van der Waals surface area contributed by atoms with Gasteiger partial charge >= 0.3 is 0 Å². The molecule has 0 amide bonds. The smallest absolute Gasteiger partial charge is 0.208 e. The van der Waals surface area contributed by atoms with Gasteiger partial charge in [-0.3, -0.25) is 0 Å². The molecular weight excluding hydrogens is 236 g/mol. The van der Waals surface area contributed by atoms with E-state index < -0.39 is 10.0 Å². The first kappa shape index (κ1) is 13.2. The van der Waals surface area contributed by atoms with Crippen LogP contribution in [0, 0.1) is 11.8 Å². The van der Waals surface area contributed by atoms with Crippen LogP contribution in [0.5, 0.6) is 0 Å². The molecule has 6 heteroatoms. The lowest BCUT2D eigenvalue weighted by atomic mass is 9.93. The molecule has 0 unspecified atom stereocenters. The van der Waals surface area contributed by atoms with Crippen molar-refractivity contribution in [3.8, 4) is 0 Å². The number of hydrogen-bond donors (Lipinski definition) is 2. The maximum absolute atomic E-state index is 11.0. The second-order valence-corrected chi connectivity index (χ2v) is 6.26. The van der Waals surface area contributed by atoms with Crippen molar-refractivity contribution in [3.05, 3.63) is 0 Å². The predicted octanol–water partition coefficient (Wildman–Crippen LogP) is 0.345. The maximum Gasteiger partial charge on any atom is 0.208 e. The fraction of sp³-hybridized carbons (Fsp3) is 1.00. The molecule has 15 heavy (non-hydrogen) atoms. The minimum Gasteiger partial charge on any atom is -0.317 e. The minimum atomic E-state index is -3.00. The van der Waals surface area contributed by atoms with Crippen LogP contribution in [0.1, 0.15) is 19.3 Å². The molecule has 0 aromatic rings. The highest BCUT2D eigenvalue weighted by Gasteiger charge is 2.44. The summed E-state index contributed by atoms with van der Waals surface area (Å²) in [5.41, 5.74) is 0. The summed E-state index contributed by atoms with van der Waals surface area (Å²) in [4.78, 5) is 0. The van der Waals surface area contributed by atoms with E-state index in [9.17, 15) is 8.42 Å². The fourth-order valence-electron chi connectivity index (χ4n) is 2.42. The molecule has 1 aliphatic carbocycles. The third-order valence-electron chi connectivity index (χ3n) is 3.19. The zero-order chi connectivity index (χ0) is 10.2. The number of rotatable bonds is 3. The van der Waals surface area contributed by atoms with Gasteiger partial charge in [0.2, 0.25) is 10.0 Å². The van der Waals surface area contributed by atoms with E-state index in [4.69, 9.17) is 0 Å². The Labute approximate surface area is 97.7 Å². The van der Waals surface area contributed by atoms with Crippen LogP contribution in [0.3, 0.4) is 0 Å². The summed E-state index contributed by atoms with van der Waals surface area (Å²) < 4.78 is 24.7. The van der Waals surface area contributed by atoms with E-state index in [0.717, 1.165) is 25.4 Å². The van der Waals surface area contributed by atoms with Crippen LogP contribution in [0.4, 0.5) is 0 Å². The number of halogens is 1. The van der Waals surface area contributed by atoms with E-state index in [1.54, 1.807) is 0 Å². The molecule has 2 aliphatic rings. The van der Waals surface area contributed by atoms with Crippen LogP contribution in [0.2, 0.25) is 0 Å². The van der Waals surface area contributed by atoms with E-state index >= 15 is 0 Å². The molecule has 2 N–H and O–H groups in total. The molecule has 0 radical (unpaired) electrons. The second-order valence-electron chi connectivity index (χ2n) is 4.48. The topological polar surface area (TPSA) is 58.2 Å². The van der Waals surface area contributed by atoms with Gasteiger partial charge in [0.25, 0.3) is 0 Å². The Morgan fingerprint density at radius 3 is 2.40 bits per heavy atom. The summed E-state index contributed by atoms with van der Waals surface area (Å²) in [6.07, 6.45) is 4.68. The molecule has 2 fully saturated rings. The van der Waals surface area contributed by atoms with Gasteiger partial charge in [0.15, 0.2) is 0 Å². The van der Waals surface area contributed by atoms with Gasteiger partial charge in [0.1, 0.15) is 0 Å². The van der Waals surface area contributed by atoms with Crippen molar-refractivity contribution < 1.29 is 8.42 Å². The van der Waals surface area contributed by atoms with E-state index in [1.165, 1.54) is 19.1 Å². The summed E-state index contributed by atoms with van der Waals surface area (Å²) in [5.74, 6) is 1.34. The Kier molecular flexibility index (Phi) is 4.40.